The minimum atomic E-state index is -0.139. The van der Waals surface area contributed by atoms with Crippen molar-refractivity contribution in [3.8, 4) is 5.75 Å². The van der Waals surface area contributed by atoms with Crippen LogP contribution in [0.5, 0.6) is 5.75 Å². The molecule has 0 saturated heterocycles. The van der Waals surface area contributed by atoms with Gasteiger partial charge in [0.2, 0.25) is 0 Å². The molecule has 0 atom stereocenters. The largest absolute Gasteiger partial charge is 0.491 e. The molecule has 2 aromatic rings. The molecule has 0 spiro atoms. The quantitative estimate of drug-likeness (QED) is 0.895. The smallest absolute Gasteiger partial charge is 0.272 e. The van der Waals surface area contributed by atoms with Gasteiger partial charge in [0.15, 0.2) is 0 Å². The SMILES string of the molecule is CCCOc1ccccc1NC(=O)c1cccn1C. The van der Waals surface area contributed by atoms with Crippen molar-refractivity contribution in [1.82, 2.24) is 4.57 Å². The van der Waals surface area contributed by atoms with E-state index in [9.17, 15) is 4.79 Å². The average molecular weight is 258 g/mol. The zero-order valence-electron chi connectivity index (χ0n) is 11.2. The van der Waals surface area contributed by atoms with Crippen molar-refractivity contribution in [1.29, 1.82) is 0 Å². The average Bonchev–Trinajstić information content (AvgIpc) is 2.84. The van der Waals surface area contributed by atoms with Crippen LogP contribution in [0.15, 0.2) is 42.6 Å². The van der Waals surface area contributed by atoms with Gasteiger partial charge in [-0.15, -0.1) is 0 Å². The molecule has 0 fully saturated rings. The van der Waals surface area contributed by atoms with E-state index in [4.69, 9.17) is 4.74 Å². The van der Waals surface area contributed by atoms with Crippen molar-refractivity contribution in [2.24, 2.45) is 7.05 Å². The van der Waals surface area contributed by atoms with Crippen LogP contribution in [-0.4, -0.2) is 17.1 Å². The molecule has 19 heavy (non-hydrogen) atoms. The number of nitrogens with zero attached hydrogens (tertiary/aromatic N) is 1. The van der Waals surface area contributed by atoms with Crippen LogP contribution in [0.2, 0.25) is 0 Å². The van der Waals surface area contributed by atoms with E-state index in [0.29, 0.717) is 23.7 Å². The normalized spacial score (nSPS) is 10.2. The van der Waals surface area contributed by atoms with Crippen LogP contribution >= 0.6 is 0 Å². The number of amides is 1. The third kappa shape index (κ3) is 3.16. The Morgan fingerprint density at radius 1 is 1.26 bits per heavy atom. The zero-order chi connectivity index (χ0) is 13.7. The van der Waals surface area contributed by atoms with E-state index >= 15 is 0 Å². The van der Waals surface area contributed by atoms with Crippen LogP contribution in [0.1, 0.15) is 23.8 Å². The van der Waals surface area contributed by atoms with E-state index in [2.05, 4.69) is 5.32 Å². The molecule has 1 aromatic carbocycles. The van der Waals surface area contributed by atoms with Crippen molar-refractivity contribution in [3.05, 3.63) is 48.3 Å². The Bertz CT molecular complexity index is 561. The predicted octanol–water partition coefficient (Wildman–Crippen LogP) is 3.07. The van der Waals surface area contributed by atoms with E-state index in [1.165, 1.54) is 0 Å². The van der Waals surface area contributed by atoms with Crippen molar-refractivity contribution in [2.75, 3.05) is 11.9 Å². The fraction of sp³-hybridized carbons (Fsp3) is 0.267. The van der Waals surface area contributed by atoms with Crippen LogP contribution in [-0.2, 0) is 7.05 Å². The summed E-state index contributed by atoms with van der Waals surface area (Å²) >= 11 is 0. The molecule has 0 bridgehead atoms. The summed E-state index contributed by atoms with van der Waals surface area (Å²) in [5.74, 6) is 0.562. The Balaban J connectivity index is 2.15. The minimum Gasteiger partial charge on any atom is -0.491 e. The molecule has 0 unspecified atom stereocenters. The number of hydrogen-bond donors (Lipinski definition) is 1. The van der Waals surface area contributed by atoms with Gasteiger partial charge in [0, 0.05) is 13.2 Å². The van der Waals surface area contributed by atoms with Gasteiger partial charge in [-0.2, -0.15) is 0 Å². The third-order valence-electron chi connectivity index (χ3n) is 2.77. The number of aryl methyl sites for hydroxylation is 1. The summed E-state index contributed by atoms with van der Waals surface area (Å²) in [5, 5.41) is 2.88. The number of benzene rings is 1. The number of aromatic nitrogens is 1. The van der Waals surface area contributed by atoms with Crippen molar-refractivity contribution < 1.29 is 9.53 Å². The Hall–Kier alpha value is -2.23. The molecule has 0 aliphatic heterocycles. The van der Waals surface area contributed by atoms with Crippen LogP contribution in [0.25, 0.3) is 0 Å². The van der Waals surface area contributed by atoms with Gasteiger partial charge in [-0.1, -0.05) is 19.1 Å². The molecule has 0 saturated carbocycles. The number of anilines is 1. The van der Waals surface area contributed by atoms with Crippen LogP contribution in [0.4, 0.5) is 5.69 Å². The van der Waals surface area contributed by atoms with E-state index in [0.717, 1.165) is 6.42 Å². The molecule has 1 heterocycles. The van der Waals surface area contributed by atoms with E-state index < -0.39 is 0 Å². The Morgan fingerprint density at radius 2 is 2.05 bits per heavy atom. The molecule has 0 aliphatic rings. The van der Waals surface area contributed by atoms with Crippen LogP contribution in [0, 0.1) is 0 Å². The molecule has 4 nitrogen and oxygen atoms in total. The van der Waals surface area contributed by atoms with Crippen molar-refractivity contribution in [2.45, 2.75) is 13.3 Å². The van der Waals surface area contributed by atoms with Gasteiger partial charge in [-0.3, -0.25) is 4.79 Å². The summed E-state index contributed by atoms with van der Waals surface area (Å²) in [6.07, 6.45) is 2.77. The van der Waals surface area contributed by atoms with Crippen molar-refractivity contribution >= 4 is 11.6 Å². The maximum absolute atomic E-state index is 12.1. The zero-order valence-corrected chi connectivity index (χ0v) is 11.2. The summed E-state index contributed by atoms with van der Waals surface area (Å²) in [4.78, 5) is 12.1. The lowest BCUT2D eigenvalue weighted by atomic mass is 10.2. The summed E-state index contributed by atoms with van der Waals surface area (Å²) < 4.78 is 7.40. The van der Waals surface area contributed by atoms with Gasteiger partial charge in [0.25, 0.3) is 5.91 Å². The van der Waals surface area contributed by atoms with Crippen molar-refractivity contribution in [3.63, 3.8) is 0 Å². The number of ether oxygens (including phenoxy) is 1. The first-order valence-electron chi connectivity index (χ1n) is 6.37. The number of para-hydroxylation sites is 2. The summed E-state index contributed by atoms with van der Waals surface area (Å²) in [7, 11) is 1.84. The first-order valence-corrected chi connectivity index (χ1v) is 6.37. The van der Waals surface area contributed by atoms with Gasteiger partial charge in [-0.05, 0) is 30.7 Å². The number of carbonyl (C=O) groups is 1. The maximum Gasteiger partial charge on any atom is 0.272 e. The second-order valence-corrected chi connectivity index (χ2v) is 4.30. The molecular weight excluding hydrogens is 240 g/mol. The highest BCUT2D eigenvalue weighted by Crippen LogP contribution is 2.24. The Labute approximate surface area is 113 Å². The van der Waals surface area contributed by atoms with Gasteiger partial charge < -0.3 is 14.6 Å². The molecule has 1 amide bonds. The monoisotopic (exact) mass is 258 g/mol. The summed E-state index contributed by atoms with van der Waals surface area (Å²) in [5.41, 5.74) is 1.31. The predicted molar refractivity (Wildman–Crippen MR) is 75.6 cm³/mol. The first kappa shape index (κ1) is 13.2. The maximum atomic E-state index is 12.1. The fourth-order valence-electron chi connectivity index (χ4n) is 1.79. The lowest BCUT2D eigenvalue weighted by molar-refractivity contribution is 0.101. The lowest BCUT2D eigenvalue weighted by Crippen LogP contribution is -2.16. The molecule has 1 N–H and O–H groups in total. The molecule has 4 heteroatoms. The van der Waals surface area contributed by atoms with E-state index in [1.54, 1.807) is 10.6 Å². The highest BCUT2D eigenvalue weighted by Gasteiger charge is 2.11. The Morgan fingerprint density at radius 3 is 2.74 bits per heavy atom. The number of rotatable bonds is 5. The molecule has 2 rings (SSSR count). The highest BCUT2D eigenvalue weighted by molar-refractivity contribution is 6.03. The summed E-state index contributed by atoms with van der Waals surface area (Å²) in [6.45, 7) is 2.68. The number of nitrogens with one attached hydrogen (secondary N) is 1. The minimum absolute atomic E-state index is 0.139. The third-order valence-corrected chi connectivity index (χ3v) is 2.77. The number of hydrogen-bond acceptors (Lipinski definition) is 2. The van der Waals surface area contributed by atoms with Gasteiger partial charge >= 0.3 is 0 Å². The topological polar surface area (TPSA) is 43.3 Å². The fourth-order valence-corrected chi connectivity index (χ4v) is 1.79. The van der Waals surface area contributed by atoms with Crippen LogP contribution < -0.4 is 10.1 Å². The summed E-state index contributed by atoms with van der Waals surface area (Å²) in [6, 6.07) is 11.1. The van der Waals surface area contributed by atoms with Gasteiger partial charge in [-0.25, -0.2) is 0 Å². The molecule has 0 radical (unpaired) electrons. The molecule has 1 aromatic heterocycles. The highest BCUT2D eigenvalue weighted by atomic mass is 16.5. The molecular formula is C15H18N2O2. The second-order valence-electron chi connectivity index (χ2n) is 4.30. The van der Waals surface area contributed by atoms with E-state index in [-0.39, 0.29) is 5.91 Å². The standard InChI is InChI=1S/C15H18N2O2/c1-3-11-19-14-9-5-4-7-12(14)16-15(18)13-8-6-10-17(13)2/h4-10H,3,11H2,1-2H3,(H,16,18). The first-order chi connectivity index (χ1) is 9.22. The number of carbonyl (C=O) groups excluding carboxylic acids is 1. The van der Waals surface area contributed by atoms with E-state index in [1.807, 2.05) is 50.5 Å². The molecule has 0 aliphatic carbocycles. The lowest BCUT2D eigenvalue weighted by Gasteiger charge is -2.12. The Kier molecular flexibility index (Phi) is 4.23. The second kappa shape index (κ2) is 6.09. The van der Waals surface area contributed by atoms with Crippen LogP contribution in [0.3, 0.4) is 0 Å². The van der Waals surface area contributed by atoms with Gasteiger partial charge in [0.05, 0.1) is 12.3 Å². The molecule has 100 valence electrons. The van der Waals surface area contributed by atoms with Gasteiger partial charge in [0.1, 0.15) is 11.4 Å².